The normalized spacial score (nSPS) is 28.0. The Kier molecular flexibility index (Phi) is 5.49. The van der Waals surface area contributed by atoms with E-state index in [-0.39, 0.29) is 48.6 Å². The molecule has 7 heteroatoms. The van der Waals surface area contributed by atoms with Gasteiger partial charge in [-0.05, 0) is 49.3 Å². The molecule has 1 saturated carbocycles. The number of methoxy groups -OCH3 is 1. The van der Waals surface area contributed by atoms with E-state index in [4.69, 9.17) is 4.74 Å². The van der Waals surface area contributed by atoms with Crippen LogP contribution in [0.4, 0.5) is 5.69 Å². The number of hydrogen-bond acceptors (Lipinski definition) is 6. The lowest BCUT2D eigenvalue weighted by Crippen LogP contribution is -2.60. The minimum Gasteiger partial charge on any atom is -0.512 e. The molecule has 4 aliphatic rings. The number of hydrogen-bond donors (Lipinski definition) is 1. The maximum atomic E-state index is 15.0. The largest absolute Gasteiger partial charge is 0.512 e. The minimum atomic E-state index is -1.96. The highest BCUT2D eigenvalue weighted by Gasteiger charge is 2.68. The van der Waals surface area contributed by atoms with Gasteiger partial charge in [0.25, 0.3) is 0 Å². The van der Waals surface area contributed by atoms with Crippen molar-refractivity contribution in [1.82, 2.24) is 0 Å². The maximum Gasteiger partial charge on any atom is 0.244 e. The number of ether oxygens (including phenoxy) is 1. The predicted molar refractivity (Wildman–Crippen MR) is 144 cm³/mol. The average molecular weight is 520 g/mol. The van der Waals surface area contributed by atoms with Crippen LogP contribution in [0.25, 0.3) is 5.57 Å². The second kappa shape index (κ2) is 7.90. The van der Waals surface area contributed by atoms with E-state index in [1.807, 2.05) is 60.6 Å². The van der Waals surface area contributed by atoms with Crippen LogP contribution in [0.3, 0.4) is 0 Å². The van der Waals surface area contributed by atoms with Crippen LogP contribution in [0, 0.1) is 16.7 Å². The molecule has 7 nitrogen and oxygen atoms in total. The fourth-order valence-corrected chi connectivity index (χ4v) is 7.46. The van der Waals surface area contributed by atoms with Crippen LogP contribution in [0.5, 0.6) is 5.75 Å². The molecule has 38 heavy (non-hydrogen) atoms. The summed E-state index contributed by atoms with van der Waals surface area (Å²) in [6, 6.07) is 3.52. The van der Waals surface area contributed by atoms with Crippen molar-refractivity contribution in [2.75, 3.05) is 12.0 Å². The fraction of sp³-hybridized carbons (Fsp3) is 0.548. The lowest BCUT2D eigenvalue weighted by molar-refractivity contribution is -0.146. The summed E-state index contributed by atoms with van der Waals surface area (Å²) in [4.78, 5) is 58.5. The molecule has 0 radical (unpaired) electrons. The van der Waals surface area contributed by atoms with Crippen LogP contribution < -0.4 is 9.64 Å². The number of benzene rings is 1. The van der Waals surface area contributed by atoms with E-state index in [0.717, 1.165) is 11.1 Å². The van der Waals surface area contributed by atoms with Gasteiger partial charge in [0.15, 0.2) is 5.78 Å². The van der Waals surface area contributed by atoms with Crippen molar-refractivity contribution in [2.24, 2.45) is 16.7 Å². The number of ketones is 3. The minimum absolute atomic E-state index is 0.0921. The number of allylic oxidation sites excluding steroid dienone is 2. The number of carbonyl (C=O) groups is 4. The Morgan fingerprint density at radius 2 is 1.47 bits per heavy atom. The first-order chi connectivity index (χ1) is 17.5. The van der Waals surface area contributed by atoms with Gasteiger partial charge in [-0.3, -0.25) is 19.2 Å². The zero-order valence-electron chi connectivity index (χ0n) is 23.6. The Bertz CT molecular complexity index is 1370. The van der Waals surface area contributed by atoms with E-state index in [1.54, 1.807) is 11.0 Å². The van der Waals surface area contributed by atoms with Gasteiger partial charge in [0.2, 0.25) is 5.91 Å². The molecule has 2 aliphatic carbocycles. The first kappa shape index (κ1) is 26.4. The smallest absolute Gasteiger partial charge is 0.244 e. The molecular formula is C31H37NO6. The summed E-state index contributed by atoms with van der Waals surface area (Å²) in [5.74, 6) is -2.86. The number of anilines is 1. The van der Waals surface area contributed by atoms with Crippen LogP contribution in [0.15, 0.2) is 29.5 Å². The second-order valence-corrected chi connectivity index (χ2v) is 13.6. The number of rotatable bonds is 3. The second-order valence-electron chi connectivity index (χ2n) is 13.6. The molecule has 0 bridgehead atoms. The van der Waals surface area contributed by atoms with Crippen molar-refractivity contribution >= 4 is 34.5 Å². The highest BCUT2D eigenvalue weighted by Crippen LogP contribution is 2.61. The van der Waals surface area contributed by atoms with Gasteiger partial charge >= 0.3 is 0 Å². The number of aliphatic hydroxyl groups is 1. The SMILES string of the molecule is COc1cc2c3c(c1)C(C1=C(O)CC(C)(C)CC1=O)(C1C(=O)CC(C)(C)CC1=O)C(=O)N3C(C)(C)C=C2C. The Hall–Kier alpha value is -3.22. The molecule has 0 spiro atoms. The van der Waals surface area contributed by atoms with E-state index in [9.17, 15) is 24.3 Å². The molecule has 202 valence electrons. The summed E-state index contributed by atoms with van der Waals surface area (Å²) in [6.07, 6.45) is 2.42. The number of nitrogens with zero attached hydrogens (tertiary/aromatic N) is 1. The third-order valence-corrected chi connectivity index (χ3v) is 8.71. The van der Waals surface area contributed by atoms with Crippen LogP contribution >= 0.6 is 0 Å². The van der Waals surface area contributed by atoms with Gasteiger partial charge < -0.3 is 14.7 Å². The maximum absolute atomic E-state index is 15.0. The third kappa shape index (κ3) is 3.46. The molecule has 1 atom stereocenters. The fourth-order valence-electron chi connectivity index (χ4n) is 7.46. The van der Waals surface area contributed by atoms with Crippen LogP contribution in [-0.2, 0) is 24.6 Å². The first-order valence-electron chi connectivity index (χ1n) is 13.2. The standard InChI is InChI=1S/C31H37NO6/c1-16-11-30(6,7)32-26-18(16)9-17(38-8)10-19(26)31(27(32)37,24-20(33)12-28(2,3)13-21(24)34)25-22(35)14-29(4,5)15-23(25)36/h9-11,24,35H,12-15H2,1-8H3. The number of Topliss-reactive ketones (excluding diaryl/α,β-unsaturated/α-hetero) is 3. The van der Waals surface area contributed by atoms with Crippen molar-refractivity contribution in [2.45, 2.75) is 85.1 Å². The summed E-state index contributed by atoms with van der Waals surface area (Å²) in [5.41, 5.74) is -1.33. The quantitative estimate of drug-likeness (QED) is 0.548. The highest BCUT2D eigenvalue weighted by atomic mass is 16.5. The number of carbonyl (C=O) groups excluding carboxylic acids is 4. The summed E-state index contributed by atoms with van der Waals surface area (Å²) in [6.45, 7) is 13.2. The van der Waals surface area contributed by atoms with Crippen molar-refractivity contribution in [1.29, 1.82) is 0 Å². The lowest BCUT2D eigenvalue weighted by Gasteiger charge is -2.45. The molecule has 1 N–H and O–H groups in total. The Morgan fingerprint density at radius 1 is 0.895 bits per heavy atom. The summed E-state index contributed by atoms with van der Waals surface area (Å²) < 4.78 is 5.63. The van der Waals surface area contributed by atoms with Crippen LogP contribution in [-0.4, -0.2) is 41.0 Å². The third-order valence-electron chi connectivity index (χ3n) is 8.71. The topological polar surface area (TPSA) is 101 Å². The van der Waals surface area contributed by atoms with E-state index in [2.05, 4.69) is 0 Å². The van der Waals surface area contributed by atoms with Gasteiger partial charge in [-0.1, -0.05) is 33.8 Å². The van der Waals surface area contributed by atoms with Gasteiger partial charge in [0.05, 0.1) is 29.8 Å². The Morgan fingerprint density at radius 3 is 2.03 bits per heavy atom. The Balaban J connectivity index is 1.94. The monoisotopic (exact) mass is 519 g/mol. The van der Waals surface area contributed by atoms with E-state index >= 15 is 0 Å². The predicted octanol–water partition coefficient (Wildman–Crippen LogP) is 5.25. The zero-order chi connectivity index (χ0) is 28.2. The van der Waals surface area contributed by atoms with Crippen molar-refractivity contribution < 1.29 is 29.0 Å². The highest BCUT2D eigenvalue weighted by molar-refractivity contribution is 6.25. The van der Waals surface area contributed by atoms with Gasteiger partial charge in [0, 0.05) is 36.8 Å². The molecule has 2 heterocycles. The molecule has 0 aromatic heterocycles. The van der Waals surface area contributed by atoms with Gasteiger partial charge in [-0.15, -0.1) is 0 Å². The van der Waals surface area contributed by atoms with Crippen LogP contribution in [0.2, 0.25) is 0 Å². The van der Waals surface area contributed by atoms with E-state index < -0.39 is 39.4 Å². The van der Waals surface area contributed by atoms with Gasteiger partial charge in [-0.2, -0.15) is 0 Å². The lowest BCUT2D eigenvalue weighted by atomic mass is 9.55. The summed E-state index contributed by atoms with van der Waals surface area (Å²) in [5, 5.41) is 11.5. The van der Waals surface area contributed by atoms with E-state index in [1.165, 1.54) is 7.11 Å². The van der Waals surface area contributed by atoms with E-state index in [0.29, 0.717) is 17.0 Å². The summed E-state index contributed by atoms with van der Waals surface area (Å²) in [7, 11) is 1.51. The molecule has 5 rings (SSSR count). The molecule has 1 unspecified atom stereocenters. The molecule has 1 aromatic rings. The number of amides is 1. The Labute approximate surface area is 223 Å². The van der Waals surface area contributed by atoms with Crippen molar-refractivity contribution in [3.63, 3.8) is 0 Å². The van der Waals surface area contributed by atoms with Gasteiger partial charge in [-0.25, -0.2) is 0 Å². The van der Waals surface area contributed by atoms with Crippen LogP contribution in [0.1, 0.15) is 85.3 Å². The molecular weight excluding hydrogens is 482 g/mol. The van der Waals surface area contributed by atoms with Gasteiger partial charge in [0.1, 0.15) is 28.5 Å². The molecule has 1 fully saturated rings. The molecule has 1 amide bonds. The first-order valence-corrected chi connectivity index (χ1v) is 13.2. The summed E-state index contributed by atoms with van der Waals surface area (Å²) >= 11 is 0. The zero-order valence-corrected chi connectivity index (χ0v) is 23.6. The number of aliphatic hydroxyl groups excluding tert-OH is 1. The van der Waals surface area contributed by atoms with Crippen molar-refractivity contribution in [3.8, 4) is 5.75 Å². The van der Waals surface area contributed by atoms with Crippen molar-refractivity contribution in [3.05, 3.63) is 40.7 Å². The average Bonchev–Trinajstić information content (AvgIpc) is 2.99. The molecule has 1 aromatic carbocycles. The molecule has 2 aliphatic heterocycles. The molecule has 0 saturated heterocycles.